The van der Waals surface area contributed by atoms with Gasteiger partial charge < -0.3 is 4.74 Å². The van der Waals surface area contributed by atoms with Gasteiger partial charge in [-0.2, -0.15) is 0 Å². The Kier molecular flexibility index (Phi) is 5.68. The standard InChI is InChI=1S/C18H27NO2S2/c1-3-11-18(22-12-6-13-23-18)15-8-5-7-14-9-10-16(15)19(14)17(20)21-4-2/h4,8,14,16H,2-3,5-7,9-13H2,1H3/t14-,16-/m1/s1. The Morgan fingerprint density at radius 3 is 2.91 bits per heavy atom. The first-order valence-electron chi connectivity index (χ1n) is 8.80. The summed E-state index contributed by atoms with van der Waals surface area (Å²) in [5.41, 5.74) is 1.50. The summed E-state index contributed by atoms with van der Waals surface area (Å²) in [5.74, 6) is 2.47. The van der Waals surface area contributed by atoms with Crippen LogP contribution >= 0.6 is 23.5 Å². The van der Waals surface area contributed by atoms with E-state index in [9.17, 15) is 4.79 Å². The summed E-state index contributed by atoms with van der Waals surface area (Å²) in [6, 6.07) is 0.554. The molecular weight excluding hydrogens is 326 g/mol. The monoisotopic (exact) mass is 353 g/mol. The average Bonchev–Trinajstić information content (AvgIpc) is 2.84. The van der Waals surface area contributed by atoms with E-state index < -0.39 is 0 Å². The topological polar surface area (TPSA) is 29.5 Å². The summed E-state index contributed by atoms with van der Waals surface area (Å²) < 4.78 is 5.33. The summed E-state index contributed by atoms with van der Waals surface area (Å²) >= 11 is 4.22. The Morgan fingerprint density at radius 2 is 2.22 bits per heavy atom. The van der Waals surface area contributed by atoms with Gasteiger partial charge >= 0.3 is 6.09 Å². The maximum atomic E-state index is 12.5. The van der Waals surface area contributed by atoms with E-state index in [0.29, 0.717) is 6.04 Å². The van der Waals surface area contributed by atoms with E-state index in [2.05, 4.69) is 43.1 Å². The summed E-state index contributed by atoms with van der Waals surface area (Å²) in [6.07, 6.45) is 11.5. The van der Waals surface area contributed by atoms with Crippen LogP contribution in [-0.4, -0.2) is 38.7 Å². The van der Waals surface area contributed by atoms with Gasteiger partial charge in [0, 0.05) is 6.04 Å². The van der Waals surface area contributed by atoms with Crippen molar-refractivity contribution < 1.29 is 9.53 Å². The lowest BCUT2D eigenvalue weighted by Crippen LogP contribution is -2.45. The van der Waals surface area contributed by atoms with E-state index >= 15 is 0 Å². The number of amides is 1. The van der Waals surface area contributed by atoms with Crippen molar-refractivity contribution in [2.45, 2.75) is 68.0 Å². The first-order valence-corrected chi connectivity index (χ1v) is 10.8. The van der Waals surface area contributed by atoms with Crippen molar-refractivity contribution in [2.24, 2.45) is 0 Å². The van der Waals surface area contributed by atoms with Crippen molar-refractivity contribution in [3.63, 3.8) is 0 Å². The van der Waals surface area contributed by atoms with Crippen molar-refractivity contribution in [3.8, 4) is 0 Å². The van der Waals surface area contributed by atoms with Crippen molar-refractivity contribution in [1.29, 1.82) is 0 Å². The molecule has 0 aromatic carbocycles. The molecule has 0 unspecified atom stereocenters. The lowest BCUT2D eigenvalue weighted by atomic mass is 9.95. The minimum Gasteiger partial charge on any atom is -0.419 e. The summed E-state index contributed by atoms with van der Waals surface area (Å²) in [6.45, 7) is 5.82. The second-order valence-corrected chi connectivity index (χ2v) is 9.54. The van der Waals surface area contributed by atoms with Crippen molar-refractivity contribution >= 4 is 29.6 Å². The zero-order valence-electron chi connectivity index (χ0n) is 14.0. The molecular formula is C18H27NO2S2. The molecule has 3 aliphatic rings. The van der Waals surface area contributed by atoms with Crippen LogP contribution in [0.5, 0.6) is 0 Å². The lowest BCUT2D eigenvalue weighted by Gasteiger charge is -2.42. The molecule has 2 fully saturated rings. The molecule has 2 saturated heterocycles. The molecule has 3 heterocycles. The molecule has 3 aliphatic heterocycles. The second kappa shape index (κ2) is 7.56. The first kappa shape index (κ1) is 17.3. The van der Waals surface area contributed by atoms with Gasteiger partial charge in [0.05, 0.1) is 16.4 Å². The lowest BCUT2D eigenvalue weighted by molar-refractivity contribution is 0.120. The molecule has 0 aromatic rings. The molecule has 128 valence electrons. The van der Waals surface area contributed by atoms with Crippen LogP contribution in [-0.2, 0) is 4.74 Å². The largest absolute Gasteiger partial charge is 0.419 e. The molecule has 2 bridgehead atoms. The van der Waals surface area contributed by atoms with Crippen LogP contribution in [0.25, 0.3) is 0 Å². The maximum Gasteiger partial charge on any atom is 0.415 e. The van der Waals surface area contributed by atoms with Crippen molar-refractivity contribution in [2.75, 3.05) is 11.5 Å². The van der Waals surface area contributed by atoms with Gasteiger partial charge in [0.2, 0.25) is 0 Å². The van der Waals surface area contributed by atoms with Gasteiger partial charge in [0.1, 0.15) is 0 Å². The smallest absolute Gasteiger partial charge is 0.415 e. The fraction of sp³-hybridized carbons (Fsp3) is 0.722. The number of thioether (sulfide) groups is 2. The average molecular weight is 354 g/mol. The van der Waals surface area contributed by atoms with Crippen LogP contribution < -0.4 is 0 Å². The number of hydrogen-bond donors (Lipinski definition) is 0. The number of fused-ring (bicyclic) bond motifs is 2. The van der Waals surface area contributed by atoms with Gasteiger partial charge in [-0.1, -0.05) is 26.0 Å². The molecule has 2 atom stereocenters. The van der Waals surface area contributed by atoms with E-state index in [4.69, 9.17) is 4.74 Å². The van der Waals surface area contributed by atoms with Crippen molar-refractivity contribution in [1.82, 2.24) is 4.90 Å². The fourth-order valence-electron chi connectivity index (χ4n) is 4.22. The molecule has 0 radical (unpaired) electrons. The summed E-state index contributed by atoms with van der Waals surface area (Å²) in [5, 5.41) is 0. The Hall–Kier alpha value is -0.550. The van der Waals surface area contributed by atoms with Gasteiger partial charge in [-0.25, -0.2) is 4.79 Å². The van der Waals surface area contributed by atoms with Crippen LogP contribution in [0.1, 0.15) is 51.9 Å². The van der Waals surface area contributed by atoms with Gasteiger partial charge in [0.15, 0.2) is 0 Å². The van der Waals surface area contributed by atoms with Gasteiger partial charge in [-0.15, -0.1) is 23.5 Å². The number of nitrogens with zero attached hydrogens (tertiary/aromatic N) is 1. The van der Waals surface area contributed by atoms with Crippen LogP contribution in [0, 0.1) is 0 Å². The Labute approximate surface area is 148 Å². The minimum atomic E-state index is -0.210. The molecule has 23 heavy (non-hydrogen) atoms. The van der Waals surface area contributed by atoms with Gasteiger partial charge in [-0.3, -0.25) is 4.90 Å². The van der Waals surface area contributed by atoms with Crippen LogP contribution in [0.2, 0.25) is 0 Å². The van der Waals surface area contributed by atoms with Gasteiger partial charge in [-0.05, 0) is 55.6 Å². The Morgan fingerprint density at radius 1 is 1.43 bits per heavy atom. The number of hydrogen-bond acceptors (Lipinski definition) is 4. The predicted octanol–water partition coefficient (Wildman–Crippen LogP) is 5.19. The van der Waals surface area contributed by atoms with Gasteiger partial charge in [0.25, 0.3) is 0 Å². The summed E-state index contributed by atoms with van der Waals surface area (Å²) in [4.78, 5) is 14.5. The molecule has 0 N–H and O–H groups in total. The van der Waals surface area contributed by atoms with E-state index in [-0.39, 0.29) is 16.2 Å². The number of carbonyl (C=O) groups is 1. The zero-order valence-corrected chi connectivity index (χ0v) is 15.6. The number of carbonyl (C=O) groups excluding carboxylic acids is 1. The molecule has 0 saturated carbocycles. The first-order chi connectivity index (χ1) is 11.2. The summed E-state index contributed by atoms with van der Waals surface area (Å²) in [7, 11) is 0. The van der Waals surface area contributed by atoms with E-state index in [1.807, 2.05) is 4.90 Å². The number of ether oxygens (including phenoxy) is 1. The molecule has 0 spiro atoms. The molecule has 1 amide bonds. The van der Waals surface area contributed by atoms with Crippen molar-refractivity contribution in [3.05, 3.63) is 24.5 Å². The Balaban J connectivity index is 1.91. The highest BCUT2D eigenvalue weighted by Gasteiger charge is 2.48. The number of allylic oxidation sites excluding steroid dienone is 1. The molecule has 3 nitrogen and oxygen atoms in total. The highest BCUT2D eigenvalue weighted by atomic mass is 32.2. The van der Waals surface area contributed by atoms with E-state index in [1.165, 1.54) is 42.6 Å². The SMILES string of the molecule is C=COC(=O)N1[C@@H]2CCC=C(C3(CCC)SCCCS3)[C@H]1CC2. The van der Waals surface area contributed by atoms with E-state index in [0.717, 1.165) is 25.7 Å². The van der Waals surface area contributed by atoms with Crippen LogP contribution in [0.4, 0.5) is 4.79 Å². The third-order valence-corrected chi connectivity index (χ3v) is 8.60. The molecule has 0 aliphatic carbocycles. The predicted molar refractivity (Wildman–Crippen MR) is 99.8 cm³/mol. The maximum absolute atomic E-state index is 12.5. The van der Waals surface area contributed by atoms with Crippen LogP contribution in [0.3, 0.4) is 0 Å². The minimum absolute atomic E-state index is 0.170. The highest BCUT2D eigenvalue weighted by Crippen LogP contribution is 2.54. The highest BCUT2D eigenvalue weighted by molar-refractivity contribution is 8.19. The number of rotatable bonds is 4. The molecule has 3 rings (SSSR count). The third kappa shape index (κ3) is 3.32. The van der Waals surface area contributed by atoms with E-state index in [1.54, 1.807) is 0 Å². The zero-order chi connectivity index (χ0) is 16.3. The third-order valence-electron chi connectivity index (χ3n) is 5.10. The second-order valence-electron chi connectivity index (χ2n) is 6.49. The quantitative estimate of drug-likeness (QED) is 0.514. The Bertz CT molecular complexity index is 480. The van der Waals surface area contributed by atoms with Crippen LogP contribution in [0.15, 0.2) is 24.5 Å². The fourth-order valence-corrected chi connectivity index (χ4v) is 7.94. The molecule has 5 heteroatoms. The normalized spacial score (nSPS) is 29.6. The molecule has 0 aromatic heterocycles.